The van der Waals surface area contributed by atoms with Crippen molar-refractivity contribution in [2.45, 2.75) is 38.6 Å². The van der Waals surface area contributed by atoms with Gasteiger partial charge in [0.15, 0.2) is 0 Å². The molecular formula is C14H20FN. The summed E-state index contributed by atoms with van der Waals surface area (Å²) in [5.74, 6) is 0.738. The molecule has 0 amide bonds. The monoisotopic (exact) mass is 221 g/mol. The zero-order valence-corrected chi connectivity index (χ0v) is 10.0. The normalized spacial score (nSPS) is 35.0. The van der Waals surface area contributed by atoms with E-state index in [4.69, 9.17) is 5.73 Å². The summed E-state index contributed by atoms with van der Waals surface area (Å²) in [6, 6.07) is 6.94. The molecule has 88 valence electrons. The predicted octanol–water partition coefficient (Wildman–Crippen LogP) is 3.44. The standard InChI is InChI=1S/C14H20FN/c1-10-6-5-9-14(16,11(10)2)12-7-3-4-8-13(12)15/h3-4,7-8,10-11H,5-6,9,16H2,1-2H3. The van der Waals surface area contributed by atoms with E-state index in [2.05, 4.69) is 13.8 Å². The van der Waals surface area contributed by atoms with Gasteiger partial charge in [-0.2, -0.15) is 0 Å². The second kappa shape index (κ2) is 4.17. The Bertz CT molecular complexity index is 377. The molecule has 3 unspecified atom stereocenters. The van der Waals surface area contributed by atoms with Gasteiger partial charge in [0.1, 0.15) is 5.82 Å². The van der Waals surface area contributed by atoms with Crippen molar-refractivity contribution in [2.24, 2.45) is 17.6 Å². The van der Waals surface area contributed by atoms with Gasteiger partial charge in [-0.05, 0) is 24.3 Å². The maximum atomic E-state index is 13.8. The van der Waals surface area contributed by atoms with E-state index in [1.54, 1.807) is 6.07 Å². The van der Waals surface area contributed by atoms with Gasteiger partial charge in [0.2, 0.25) is 0 Å². The number of hydrogen-bond acceptors (Lipinski definition) is 1. The minimum Gasteiger partial charge on any atom is -0.321 e. The Hall–Kier alpha value is -0.890. The van der Waals surface area contributed by atoms with Crippen molar-refractivity contribution in [3.8, 4) is 0 Å². The van der Waals surface area contributed by atoms with Gasteiger partial charge >= 0.3 is 0 Å². The Morgan fingerprint density at radius 1 is 1.31 bits per heavy atom. The third-order valence-corrected chi connectivity index (χ3v) is 4.29. The van der Waals surface area contributed by atoms with E-state index in [1.807, 2.05) is 12.1 Å². The minimum atomic E-state index is -0.483. The molecule has 0 saturated heterocycles. The number of rotatable bonds is 1. The van der Waals surface area contributed by atoms with Gasteiger partial charge in [0.25, 0.3) is 0 Å². The van der Waals surface area contributed by atoms with Gasteiger partial charge in [0, 0.05) is 11.1 Å². The van der Waals surface area contributed by atoms with Crippen molar-refractivity contribution < 1.29 is 4.39 Å². The molecule has 1 aliphatic rings. The van der Waals surface area contributed by atoms with E-state index in [-0.39, 0.29) is 5.82 Å². The molecule has 0 spiro atoms. The zero-order valence-electron chi connectivity index (χ0n) is 10.0. The molecule has 1 aliphatic carbocycles. The highest BCUT2D eigenvalue weighted by atomic mass is 19.1. The number of hydrogen-bond donors (Lipinski definition) is 1. The molecule has 1 aromatic carbocycles. The van der Waals surface area contributed by atoms with Crippen LogP contribution in [0.4, 0.5) is 4.39 Å². The Morgan fingerprint density at radius 3 is 2.69 bits per heavy atom. The summed E-state index contributed by atoms with van der Waals surface area (Å²) >= 11 is 0. The maximum absolute atomic E-state index is 13.8. The van der Waals surface area contributed by atoms with Gasteiger partial charge in [-0.3, -0.25) is 0 Å². The summed E-state index contributed by atoms with van der Waals surface area (Å²) in [5, 5.41) is 0. The van der Waals surface area contributed by atoms with Crippen molar-refractivity contribution in [1.29, 1.82) is 0 Å². The van der Waals surface area contributed by atoms with Crippen LogP contribution >= 0.6 is 0 Å². The second-order valence-electron chi connectivity index (χ2n) is 5.18. The van der Waals surface area contributed by atoms with Crippen LogP contribution in [0.25, 0.3) is 0 Å². The molecule has 0 bridgehead atoms. The molecule has 16 heavy (non-hydrogen) atoms. The highest BCUT2D eigenvalue weighted by Gasteiger charge is 2.40. The summed E-state index contributed by atoms with van der Waals surface area (Å²) in [7, 11) is 0. The van der Waals surface area contributed by atoms with Gasteiger partial charge < -0.3 is 5.73 Å². The second-order valence-corrected chi connectivity index (χ2v) is 5.18. The molecule has 2 N–H and O–H groups in total. The first-order valence-electron chi connectivity index (χ1n) is 6.09. The Morgan fingerprint density at radius 2 is 2.00 bits per heavy atom. The molecule has 1 fully saturated rings. The van der Waals surface area contributed by atoms with Crippen LogP contribution in [-0.4, -0.2) is 0 Å². The fraction of sp³-hybridized carbons (Fsp3) is 0.571. The Balaban J connectivity index is 2.41. The fourth-order valence-electron chi connectivity index (χ4n) is 2.92. The van der Waals surface area contributed by atoms with Crippen LogP contribution in [0.5, 0.6) is 0 Å². The molecule has 0 radical (unpaired) electrons. The first kappa shape index (κ1) is 11.6. The van der Waals surface area contributed by atoms with Gasteiger partial charge in [-0.1, -0.05) is 44.9 Å². The van der Waals surface area contributed by atoms with Crippen molar-refractivity contribution in [2.75, 3.05) is 0 Å². The number of nitrogens with two attached hydrogens (primary N) is 1. The molecule has 1 aromatic rings. The first-order chi connectivity index (χ1) is 7.55. The first-order valence-corrected chi connectivity index (χ1v) is 6.09. The summed E-state index contributed by atoms with van der Waals surface area (Å²) in [4.78, 5) is 0. The van der Waals surface area contributed by atoms with Crippen LogP contribution < -0.4 is 5.73 Å². The van der Waals surface area contributed by atoms with Crippen LogP contribution in [0, 0.1) is 17.7 Å². The topological polar surface area (TPSA) is 26.0 Å². The van der Waals surface area contributed by atoms with Gasteiger partial charge in [0.05, 0.1) is 0 Å². The van der Waals surface area contributed by atoms with Crippen LogP contribution in [0.15, 0.2) is 24.3 Å². The van der Waals surface area contributed by atoms with Crippen molar-refractivity contribution in [3.63, 3.8) is 0 Å². The average Bonchev–Trinajstić information content (AvgIpc) is 2.26. The maximum Gasteiger partial charge on any atom is 0.128 e. The lowest BCUT2D eigenvalue weighted by Crippen LogP contribution is -2.48. The lowest BCUT2D eigenvalue weighted by Gasteiger charge is -2.43. The van der Waals surface area contributed by atoms with E-state index in [9.17, 15) is 4.39 Å². The van der Waals surface area contributed by atoms with Crippen molar-refractivity contribution in [1.82, 2.24) is 0 Å². The SMILES string of the molecule is CC1CCCC(N)(c2ccccc2F)C1C. The molecule has 2 rings (SSSR count). The summed E-state index contributed by atoms with van der Waals surface area (Å²) < 4.78 is 13.8. The van der Waals surface area contributed by atoms with Crippen LogP contribution in [-0.2, 0) is 5.54 Å². The number of halogens is 1. The average molecular weight is 221 g/mol. The smallest absolute Gasteiger partial charge is 0.128 e. The van der Waals surface area contributed by atoms with Crippen LogP contribution in [0.1, 0.15) is 38.7 Å². The highest BCUT2D eigenvalue weighted by molar-refractivity contribution is 5.27. The van der Waals surface area contributed by atoms with E-state index < -0.39 is 5.54 Å². The minimum absolute atomic E-state index is 0.161. The molecule has 0 aliphatic heterocycles. The van der Waals surface area contributed by atoms with Crippen LogP contribution in [0.2, 0.25) is 0 Å². The van der Waals surface area contributed by atoms with E-state index >= 15 is 0 Å². The fourth-order valence-corrected chi connectivity index (χ4v) is 2.92. The summed E-state index contributed by atoms with van der Waals surface area (Å²) in [6.45, 7) is 4.36. The molecule has 2 heteroatoms. The third-order valence-electron chi connectivity index (χ3n) is 4.29. The summed E-state index contributed by atoms with van der Waals surface area (Å²) in [6.07, 6.45) is 3.18. The van der Waals surface area contributed by atoms with Crippen LogP contribution in [0.3, 0.4) is 0 Å². The molecular weight excluding hydrogens is 201 g/mol. The molecule has 0 aromatic heterocycles. The molecule has 3 atom stereocenters. The van der Waals surface area contributed by atoms with E-state index in [0.717, 1.165) is 12.8 Å². The lowest BCUT2D eigenvalue weighted by molar-refractivity contribution is 0.140. The predicted molar refractivity (Wildman–Crippen MR) is 64.4 cm³/mol. The van der Waals surface area contributed by atoms with E-state index in [0.29, 0.717) is 17.4 Å². The quantitative estimate of drug-likeness (QED) is 0.772. The third kappa shape index (κ3) is 1.75. The Kier molecular flexibility index (Phi) is 3.02. The number of benzene rings is 1. The molecule has 0 heterocycles. The zero-order chi connectivity index (χ0) is 11.8. The largest absolute Gasteiger partial charge is 0.321 e. The molecule has 1 nitrogen and oxygen atoms in total. The van der Waals surface area contributed by atoms with E-state index in [1.165, 1.54) is 12.5 Å². The van der Waals surface area contributed by atoms with Gasteiger partial charge in [-0.25, -0.2) is 4.39 Å². The van der Waals surface area contributed by atoms with Gasteiger partial charge in [-0.15, -0.1) is 0 Å². The molecule has 1 saturated carbocycles. The van der Waals surface area contributed by atoms with Crippen molar-refractivity contribution >= 4 is 0 Å². The lowest BCUT2D eigenvalue weighted by atomic mass is 9.66. The Labute approximate surface area is 96.9 Å². The highest BCUT2D eigenvalue weighted by Crippen LogP contribution is 2.43. The van der Waals surface area contributed by atoms with Crippen molar-refractivity contribution in [3.05, 3.63) is 35.6 Å². The summed E-state index contributed by atoms with van der Waals surface area (Å²) in [5.41, 5.74) is 6.68.